The molecule has 0 saturated heterocycles. The molecule has 0 aliphatic carbocycles. The minimum atomic E-state index is -1.000. The summed E-state index contributed by atoms with van der Waals surface area (Å²) in [5.74, 6) is -0.329. The second-order valence-electron chi connectivity index (χ2n) is 4.28. The van der Waals surface area contributed by atoms with Gasteiger partial charge in [0, 0.05) is 12.2 Å². The zero-order valence-corrected chi connectivity index (χ0v) is 10.1. The molecule has 2 aromatic heterocycles. The molecule has 0 aromatic carbocycles. The third-order valence-electron chi connectivity index (χ3n) is 2.47. The largest absolute Gasteiger partial charge is 0.476 e. The number of carboxylic acids is 1. The number of imidazole rings is 1. The minimum absolute atomic E-state index is 0.0959. The Labute approximate surface area is 99.1 Å². The molecule has 0 radical (unpaired) electrons. The van der Waals surface area contributed by atoms with Crippen LogP contribution < -0.4 is 5.32 Å². The zero-order valence-electron chi connectivity index (χ0n) is 10.1. The molecule has 5 heteroatoms. The molecule has 2 N–H and O–H groups in total. The summed E-state index contributed by atoms with van der Waals surface area (Å²) in [7, 11) is 0. The summed E-state index contributed by atoms with van der Waals surface area (Å²) >= 11 is 0. The van der Waals surface area contributed by atoms with Crippen molar-refractivity contribution in [3.63, 3.8) is 0 Å². The second kappa shape index (κ2) is 4.08. The molecule has 2 aromatic rings. The Morgan fingerprint density at radius 2 is 2.18 bits per heavy atom. The number of anilines is 1. The number of nitrogens with zero attached hydrogens (tertiary/aromatic N) is 2. The maximum absolute atomic E-state index is 11.0. The zero-order chi connectivity index (χ0) is 12.6. The fourth-order valence-corrected chi connectivity index (χ4v) is 1.81. The van der Waals surface area contributed by atoms with Gasteiger partial charge in [-0.05, 0) is 32.9 Å². The fourth-order valence-electron chi connectivity index (χ4n) is 1.81. The number of aromatic nitrogens is 2. The van der Waals surface area contributed by atoms with E-state index < -0.39 is 5.97 Å². The first-order valence-corrected chi connectivity index (χ1v) is 5.47. The van der Waals surface area contributed by atoms with Gasteiger partial charge in [0.2, 0.25) is 0 Å². The van der Waals surface area contributed by atoms with E-state index in [1.165, 1.54) is 0 Å². The molecule has 90 valence electrons. The van der Waals surface area contributed by atoms with Crippen molar-refractivity contribution < 1.29 is 9.90 Å². The average Bonchev–Trinajstić information content (AvgIpc) is 2.55. The topological polar surface area (TPSA) is 66.6 Å². The summed E-state index contributed by atoms with van der Waals surface area (Å²) in [6.07, 6.45) is 1.87. The highest BCUT2D eigenvalue weighted by atomic mass is 16.4. The molecule has 0 amide bonds. The lowest BCUT2D eigenvalue weighted by Crippen LogP contribution is -2.10. The molecule has 2 rings (SSSR count). The standard InChI is InChI=1S/C12H15N3O2/c1-7(2)13-9-4-5-10-11(12(16)17)14-8(3)15(10)6-9/h4-7,13H,1-3H3,(H,16,17). The van der Waals surface area contributed by atoms with Gasteiger partial charge in [-0.15, -0.1) is 0 Å². The SMILES string of the molecule is Cc1nc(C(=O)O)c2ccc(NC(C)C)cn12. The summed E-state index contributed by atoms with van der Waals surface area (Å²) in [6.45, 7) is 5.89. The molecule has 0 bridgehead atoms. The van der Waals surface area contributed by atoms with Crippen LogP contribution in [0.15, 0.2) is 18.3 Å². The Hall–Kier alpha value is -2.04. The van der Waals surface area contributed by atoms with Crippen molar-refractivity contribution in [2.45, 2.75) is 26.8 Å². The van der Waals surface area contributed by atoms with Gasteiger partial charge in [-0.25, -0.2) is 9.78 Å². The monoisotopic (exact) mass is 233 g/mol. The van der Waals surface area contributed by atoms with Gasteiger partial charge < -0.3 is 14.8 Å². The number of aryl methyl sites for hydroxylation is 1. The molecular formula is C12H15N3O2. The van der Waals surface area contributed by atoms with Gasteiger partial charge in [0.15, 0.2) is 5.69 Å². The van der Waals surface area contributed by atoms with Crippen LogP contribution in [0.5, 0.6) is 0 Å². The van der Waals surface area contributed by atoms with Gasteiger partial charge >= 0.3 is 5.97 Å². The number of carbonyl (C=O) groups is 1. The fraction of sp³-hybridized carbons (Fsp3) is 0.333. The van der Waals surface area contributed by atoms with E-state index in [2.05, 4.69) is 10.3 Å². The first kappa shape index (κ1) is 11.4. The van der Waals surface area contributed by atoms with E-state index in [1.807, 2.05) is 26.1 Å². The number of carboxylic acid groups (broad SMARTS) is 1. The molecule has 0 spiro atoms. The van der Waals surface area contributed by atoms with Crippen LogP contribution in [0, 0.1) is 6.92 Å². The van der Waals surface area contributed by atoms with Crippen LogP contribution in [-0.4, -0.2) is 26.5 Å². The molecule has 17 heavy (non-hydrogen) atoms. The Balaban J connectivity index is 2.55. The van der Waals surface area contributed by atoms with Crippen molar-refractivity contribution in [1.82, 2.24) is 9.38 Å². The molecule has 0 saturated carbocycles. The Kier molecular flexibility index (Phi) is 2.75. The van der Waals surface area contributed by atoms with Crippen LogP contribution in [0.2, 0.25) is 0 Å². The molecule has 0 aliphatic heterocycles. The van der Waals surface area contributed by atoms with Gasteiger partial charge in [0.25, 0.3) is 0 Å². The van der Waals surface area contributed by atoms with Crippen molar-refractivity contribution in [1.29, 1.82) is 0 Å². The Bertz CT molecular complexity index is 572. The number of hydrogen-bond acceptors (Lipinski definition) is 3. The third-order valence-corrected chi connectivity index (χ3v) is 2.47. The van der Waals surface area contributed by atoms with Crippen molar-refractivity contribution in [2.75, 3.05) is 5.32 Å². The van der Waals surface area contributed by atoms with Crippen LogP contribution in [-0.2, 0) is 0 Å². The van der Waals surface area contributed by atoms with Crippen LogP contribution in [0.25, 0.3) is 5.52 Å². The van der Waals surface area contributed by atoms with E-state index in [1.54, 1.807) is 17.4 Å². The summed E-state index contributed by atoms with van der Waals surface area (Å²) in [5.41, 5.74) is 1.66. The third kappa shape index (κ3) is 2.08. The highest BCUT2D eigenvalue weighted by molar-refractivity contribution is 5.93. The van der Waals surface area contributed by atoms with E-state index in [0.717, 1.165) is 5.69 Å². The number of nitrogens with one attached hydrogen (secondary N) is 1. The lowest BCUT2D eigenvalue weighted by Gasteiger charge is -2.10. The first-order valence-electron chi connectivity index (χ1n) is 5.47. The lowest BCUT2D eigenvalue weighted by atomic mass is 10.3. The molecule has 0 fully saturated rings. The van der Waals surface area contributed by atoms with Gasteiger partial charge in [-0.3, -0.25) is 0 Å². The van der Waals surface area contributed by atoms with Crippen molar-refractivity contribution in [3.05, 3.63) is 29.8 Å². The maximum Gasteiger partial charge on any atom is 0.356 e. The van der Waals surface area contributed by atoms with Crippen molar-refractivity contribution >= 4 is 17.2 Å². The molecule has 0 aliphatic rings. The normalized spacial score (nSPS) is 11.1. The number of fused-ring (bicyclic) bond motifs is 1. The summed E-state index contributed by atoms with van der Waals surface area (Å²) in [6, 6.07) is 3.96. The van der Waals surface area contributed by atoms with Crippen LogP contribution in [0.1, 0.15) is 30.2 Å². The highest BCUT2D eigenvalue weighted by Gasteiger charge is 2.14. The molecule has 0 atom stereocenters. The molecule has 0 unspecified atom stereocenters. The maximum atomic E-state index is 11.0. The van der Waals surface area contributed by atoms with Crippen molar-refractivity contribution in [3.8, 4) is 0 Å². The summed E-state index contributed by atoms with van der Waals surface area (Å²) in [4.78, 5) is 15.0. The number of pyridine rings is 1. The number of hydrogen-bond donors (Lipinski definition) is 2. The van der Waals surface area contributed by atoms with Crippen LogP contribution in [0.3, 0.4) is 0 Å². The Morgan fingerprint density at radius 1 is 1.47 bits per heavy atom. The molecular weight excluding hydrogens is 218 g/mol. The molecule has 2 heterocycles. The van der Waals surface area contributed by atoms with Crippen molar-refractivity contribution in [2.24, 2.45) is 0 Å². The van der Waals surface area contributed by atoms with Crippen LogP contribution in [0.4, 0.5) is 5.69 Å². The van der Waals surface area contributed by atoms with E-state index in [-0.39, 0.29) is 5.69 Å². The number of aromatic carboxylic acids is 1. The van der Waals surface area contributed by atoms with Gasteiger partial charge in [0.1, 0.15) is 5.82 Å². The van der Waals surface area contributed by atoms with E-state index >= 15 is 0 Å². The number of rotatable bonds is 3. The Morgan fingerprint density at radius 3 is 2.76 bits per heavy atom. The predicted molar refractivity (Wildman–Crippen MR) is 65.6 cm³/mol. The lowest BCUT2D eigenvalue weighted by molar-refractivity contribution is 0.0693. The summed E-state index contributed by atoms with van der Waals surface area (Å²) < 4.78 is 1.79. The minimum Gasteiger partial charge on any atom is -0.476 e. The quantitative estimate of drug-likeness (QED) is 0.852. The smallest absolute Gasteiger partial charge is 0.356 e. The van der Waals surface area contributed by atoms with Crippen LogP contribution >= 0.6 is 0 Å². The first-order chi connectivity index (χ1) is 7.99. The van der Waals surface area contributed by atoms with E-state index in [9.17, 15) is 4.79 Å². The van der Waals surface area contributed by atoms with Gasteiger partial charge in [-0.2, -0.15) is 0 Å². The average molecular weight is 233 g/mol. The summed E-state index contributed by atoms with van der Waals surface area (Å²) in [5, 5.41) is 12.3. The predicted octanol–water partition coefficient (Wildman–Crippen LogP) is 2.16. The second-order valence-corrected chi connectivity index (χ2v) is 4.28. The van der Waals surface area contributed by atoms with Gasteiger partial charge in [-0.1, -0.05) is 0 Å². The highest BCUT2D eigenvalue weighted by Crippen LogP contribution is 2.17. The van der Waals surface area contributed by atoms with E-state index in [4.69, 9.17) is 5.11 Å². The van der Waals surface area contributed by atoms with E-state index in [0.29, 0.717) is 17.4 Å². The molecule has 5 nitrogen and oxygen atoms in total. The van der Waals surface area contributed by atoms with Gasteiger partial charge in [0.05, 0.1) is 11.2 Å².